The molecule has 0 unspecified atom stereocenters. The smallest absolute Gasteiger partial charge is 0.221 e. The van der Waals surface area contributed by atoms with Crippen LogP contribution in [0.2, 0.25) is 0 Å². The summed E-state index contributed by atoms with van der Waals surface area (Å²) in [4.78, 5) is 25.0. The summed E-state index contributed by atoms with van der Waals surface area (Å²) in [7, 11) is 0. The molecule has 7 heteroatoms. The average Bonchev–Trinajstić information content (AvgIpc) is 2.73. The molecule has 2 aromatic carbocycles. The van der Waals surface area contributed by atoms with E-state index in [1.54, 1.807) is 11.3 Å². The highest BCUT2D eigenvalue weighted by molar-refractivity contribution is 7.21. The van der Waals surface area contributed by atoms with Crippen molar-refractivity contribution in [3.63, 3.8) is 0 Å². The Labute approximate surface area is 192 Å². The van der Waals surface area contributed by atoms with Gasteiger partial charge in [-0.3, -0.25) is 9.79 Å². The number of hydrogen-bond acceptors (Lipinski definition) is 5. The zero-order valence-corrected chi connectivity index (χ0v) is 19.9. The van der Waals surface area contributed by atoms with Gasteiger partial charge in [0.15, 0.2) is 0 Å². The molecule has 1 aliphatic heterocycles. The number of carbonyl (C=O) groups is 1. The van der Waals surface area contributed by atoms with Gasteiger partial charge in [0, 0.05) is 43.0 Å². The summed E-state index contributed by atoms with van der Waals surface area (Å²) in [6, 6.07) is 14.5. The predicted octanol–water partition coefficient (Wildman–Crippen LogP) is 5.70. The lowest BCUT2D eigenvalue weighted by molar-refractivity contribution is -0.114. The first-order valence-corrected chi connectivity index (χ1v) is 11.2. The molecule has 1 amide bonds. The Kier molecular flexibility index (Phi) is 7.13. The van der Waals surface area contributed by atoms with Crippen molar-refractivity contribution in [2.75, 3.05) is 29.9 Å². The van der Waals surface area contributed by atoms with Gasteiger partial charge in [-0.05, 0) is 51.1 Å². The number of nitrogens with zero attached hydrogens (tertiary/aromatic N) is 3. The molecule has 0 bridgehead atoms. The Morgan fingerprint density at radius 1 is 1.13 bits per heavy atom. The zero-order valence-electron chi connectivity index (χ0n) is 18.2. The Balaban J connectivity index is 0.00000272. The number of hydrogen-bond donors (Lipinski definition) is 1. The molecular formula is C24H27ClN4OS. The number of nitrogens with one attached hydrogen (secondary N) is 1. The number of carbonyl (C=O) groups excluding carboxylic acids is 1. The van der Waals surface area contributed by atoms with Crippen molar-refractivity contribution in [2.24, 2.45) is 4.99 Å². The second-order valence-corrected chi connectivity index (χ2v) is 8.25. The SMILES string of the molecule is CCN=c1cc2sc3cc(N(CC)CC)ccc3nc-2c2c(NC(C)=O)cccc12.Cl. The van der Waals surface area contributed by atoms with Crippen molar-refractivity contribution in [3.05, 3.63) is 47.8 Å². The molecule has 1 heterocycles. The van der Waals surface area contributed by atoms with E-state index in [4.69, 9.17) is 9.98 Å². The van der Waals surface area contributed by atoms with E-state index in [2.05, 4.69) is 54.4 Å². The van der Waals surface area contributed by atoms with Crippen LogP contribution in [0.3, 0.4) is 0 Å². The first-order valence-electron chi connectivity index (χ1n) is 10.4. The number of anilines is 2. The number of amides is 1. The molecular weight excluding hydrogens is 428 g/mol. The Morgan fingerprint density at radius 3 is 2.58 bits per heavy atom. The first kappa shape index (κ1) is 23.0. The van der Waals surface area contributed by atoms with E-state index in [0.717, 1.165) is 55.7 Å². The van der Waals surface area contributed by atoms with Crippen LogP contribution in [0.15, 0.2) is 47.5 Å². The van der Waals surface area contributed by atoms with Gasteiger partial charge in [-0.25, -0.2) is 4.98 Å². The van der Waals surface area contributed by atoms with E-state index in [9.17, 15) is 4.79 Å². The molecule has 1 N–H and O–H groups in total. The fourth-order valence-corrected chi connectivity index (χ4v) is 4.95. The normalized spacial score (nSPS) is 11.7. The maximum absolute atomic E-state index is 11.8. The summed E-state index contributed by atoms with van der Waals surface area (Å²) >= 11 is 1.72. The Hall–Kier alpha value is -2.70. The molecule has 0 saturated heterocycles. The van der Waals surface area contributed by atoms with Crippen LogP contribution in [-0.2, 0) is 4.79 Å². The minimum absolute atomic E-state index is 0. The van der Waals surface area contributed by atoms with Crippen molar-refractivity contribution in [1.82, 2.24) is 4.98 Å². The van der Waals surface area contributed by atoms with Crippen LogP contribution in [0, 0.1) is 0 Å². The van der Waals surface area contributed by atoms with Gasteiger partial charge in [-0.15, -0.1) is 23.7 Å². The summed E-state index contributed by atoms with van der Waals surface area (Å²) in [6.45, 7) is 10.5. The monoisotopic (exact) mass is 454 g/mol. The number of benzene rings is 3. The fourth-order valence-electron chi connectivity index (χ4n) is 3.90. The minimum atomic E-state index is -0.0955. The number of aromatic nitrogens is 1. The lowest BCUT2D eigenvalue weighted by atomic mass is 10.0. The summed E-state index contributed by atoms with van der Waals surface area (Å²) in [6.07, 6.45) is 0. The fraction of sp³-hybridized carbons (Fsp3) is 0.292. The van der Waals surface area contributed by atoms with Crippen LogP contribution >= 0.6 is 23.7 Å². The molecule has 0 radical (unpaired) electrons. The Bertz CT molecular complexity index is 1280. The van der Waals surface area contributed by atoms with E-state index < -0.39 is 0 Å². The topological polar surface area (TPSA) is 57.6 Å². The third-order valence-electron chi connectivity index (χ3n) is 5.24. The van der Waals surface area contributed by atoms with Crippen LogP contribution in [-0.4, -0.2) is 30.5 Å². The van der Waals surface area contributed by atoms with Crippen molar-refractivity contribution in [2.45, 2.75) is 27.7 Å². The van der Waals surface area contributed by atoms with Gasteiger partial charge in [0.1, 0.15) is 0 Å². The van der Waals surface area contributed by atoms with Crippen LogP contribution in [0.1, 0.15) is 27.7 Å². The third kappa shape index (κ3) is 4.36. The predicted molar refractivity (Wildman–Crippen MR) is 135 cm³/mol. The van der Waals surface area contributed by atoms with Crippen LogP contribution < -0.4 is 15.6 Å². The van der Waals surface area contributed by atoms with E-state index in [1.165, 1.54) is 12.6 Å². The van der Waals surface area contributed by atoms with Crippen LogP contribution in [0.4, 0.5) is 11.4 Å². The highest BCUT2D eigenvalue weighted by Gasteiger charge is 2.17. The van der Waals surface area contributed by atoms with Gasteiger partial charge in [0.05, 0.1) is 31.8 Å². The van der Waals surface area contributed by atoms with Crippen molar-refractivity contribution in [3.8, 4) is 10.6 Å². The maximum atomic E-state index is 11.8. The summed E-state index contributed by atoms with van der Waals surface area (Å²) in [5.74, 6) is -0.0955. The van der Waals surface area contributed by atoms with E-state index in [0.29, 0.717) is 6.54 Å². The number of rotatable bonds is 5. The molecule has 4 rings (SSSR count). The average molecular weight is 455 g/mol. The van der Waals surface area contributed by atoms with Gasteiger partial charge in [-0.1, -0.05) is 12.1 Å². The van der Waals surface area contributed by atoms with Gasteiger partial charge in [0.25, 0.3) is 0 Å². The van der Waals surface area contributed by atoms with Gasteiger partial charge < -0.3 is 10.2 Å². The second-order valence-electron chi connectivity index (χ2n) is 7.16. The summed E-state index contributed by atoms with van der Waals surface area (Å²) in [5.41, 5.74) is 3.85. The van der Waals surface area contributed by atoms with Gasteiger partial charge in [0.2, 0.25) is 5.91 Å². The first-order chi connectivity index (χ1) is 14.5. The van der Waals surface area contributed by atoms with E-state index in [1.807, 2.05) is 19.1 Å². The molecule has 162 valence electrons. The van der Waals surface area contributed by atoms with E-state index >= 15 is 0 Å². The van der Waals surface area contributed by atoms with Crippen molar-refractivity contribution in [1.29, 1.82) is 0 Å². The molecule has 2 aliphatic rings. The quantitative estimate of drug-likeness (QED) is 0.311. The molecule has 0 spiro atoms. The van der Waals surface area contributed by atoms with Gasteiger partial charge in [-0.2, -0.15) is 0 Å². The molecule has 1 aliphatic carbocycles. The molecule has 0 aromatic heterocycles. The van der Waals surface area contributed by atoms with Crippen LogP contribution in [0.25, 0.3) is 31.6 Å². The van der Waals surface area contributed by atoms with Crippen molar-refractivity contribution >= 4 is 62.0 Å². The molecule has 0 fully saturated rings. The van der Waals surface area contributed by atoms with Gasteiger partial charge >= 0.3 is 0 Å². The molecule has 5 nitrogen and oxygen atoms in total. The molecule has 31 heavy (non-hydrogen) atoms. The number of halogens is 1. The number of fused-ring (bicyclic) bond motifs is 4. The Morgan fingerprint density at radius 2 is 1.90 bits per heavy atom. The summed E-state index contributed by atoms with van der Waals surface area (Å²) < 4.78 is 1.14. The van der Waals surface area contributed by atoms with Crippen molar-refractivity contribution < 1.29 is 4.79 Å². The minimum Gasteiger partial charge on any atom is -0.372 e. The van der Waals surface area contributed by atoms with E-state index in [-0.39, 0.29) is 18.3 Å². The molecule has 0 atom stereocenters. The largest absolute Gasteiger partial charge is 0.372 e. The molecule has 0 saturated carbocycles. The van der Waals surface area contributed by atoms with Crippen LogP contribution in [0.5, 0.6) is 0 Å². The maximum Gasteiger partial charge on any atom is 0.221 e. The second kappa shape index (κ2) is 9.62. The third-order valence-corrected chi connectivity index (χ3v) is 6.32. The standard InChI is InChI=1S/C24H26N4OS.ClH/c1-5-25-20-14-22-24(23-17(20)9-8-10-19(23)26-15(4)29)27-18-12-11-16(13-21(18)30-22)28(6-2)7-3;/h8-14H,5-7H2,1-4H3,(H,26,29);1H. The zero-order chi connectivity index (χ0) is 21.3. The summed E-state index contributed by atoms with van der Waals surface area (Å²) in [5, 5.41) is 5.86. The highest BCUT2D eigenvalue weighted by atomic mass is 35.5. The molecule has 2 aromatic rings. The lowest BCUT2D eigenvalue weighted by Crippen LogP contribution is -2.21. The highest BCUT2D eigenvalue weighted by Crippen LogP contribution is 2.38. The lowest BCUT2D eigenvalue weighted by Gasteiger charge is -2.21.